The molecule has 0 fully saturated rings. The molecular weight excluding hydrogens is 221 g/mol. The highest BCUT2D eigenvalue weighted by molar-refractivity contribution is 7.90. The van der Waals surface area contributed by atoms with Crippen molar-refractivity contribution in [1.29, 1.82) is 0 Å². The summed E-state index contributed by atoms with van der Waals surface area (Å²) >= 11 is 0. The van der Waals surface area contributed by atoms with Crippen molar-refractivity contribution < 1.29 is 21.6 Å². The maximum absolute atomic E-state index is 11.9. The molecule has 0 atom stereocenters. The van der Waals surface area contributed by atoms with Gasteiger partial charge in [0.05, 0.1) is 6.20 Å². The van der Waals surface area contributed by atoms with Gasteiger partial charge < -0.3 is 0 Å². The lowest BCUT2D eigenvalue weighted by Crippen LogP contribution is -2.28. The lowest BCUT2D eigenvalue weighted by molar-refractivity contribution is -0.0446. The van der Waals surface area contributed by atoms with E-state index in [9.17, 15) is 21.6 Å². The summed E-state index contributed by atoms with van der Waals surface area (Å²) in [5.74, 6) is 1.91. The van der Waals surface area contributed by atoms with E-state index >= 15 is 0 Å². The number of halogens is 3. The zero-order valence-corrected chi connectivity index (χ0v) is 7.30. The first kappa shape index (κ1) is 10.6. The van der Waals surface area contributed by atoms with Gasteiger partial charge in [0.15, 0.2) is 0 Å². The largest absolute Gasteiger partial charge is 0.517 e. The van der Waals surface area contributed by atoms with E-state index in [0.717, 1.165) is 0 Å². The van der Waals surface area contributed by atoms with Crippen molar-refractivity contribution in [3.8, 4) is 12.3 Å². The topological polar surface area (TPSA) is 52.0 Å². The van der Waals surface area contributed by atoms with Gasteiger partial charge in [0, 0.05) is 0 Å². The number of nitrogens with zero attached hydrogens (tertiary/aromatic N) is 2. The third kappa shape index (κ3) is 1.58. The smallest absolute Gasteiger partial charge is 0.227 e. The number of aromatic nitrogens is 2. The van der Waals surface area contributed by atoms with Gasteiger partial charge in [-0.25, -0.2) is 8.96 Å². The average Bonchev–Trinajstić information content (AvgIpc) is 2.49. The third-order valence-corrected chi connectivity index (χ3v) is 2.62. The fourth-order valence-electron chi connectivity index (χ4n) is 0.632. The second kappa shape index (κ2) is 3.02. The summed E-state index contributed by atoms with van der Waals surface area (Å²) in [6.07, 6.45) is 5.93. The first-order valence-electron chi connectivity index (χ1n) is 3.11. The molecule has 0 bridgehead atoms. The molecule has 0 saturated heterocycles. The Balaban J connectivity index is 3.26. The molecule has 4 nitrogen and oxygen atoms in total. The number of hydrogen-bond acceptors (Lipinski definition) is 3. The molecule has 76 valence electrons. The summed E-state index contributed by atoms with van der Waals surface area (Å²) in [6, 6.07) is 0. The maximum atomic E-state index is 11.9. The van der Waals surface area contributed by atoms with Gasteiger partial charge in [-0.3, -0.25) is 0 Å². The first-order valence-corrected chi connectivity index (χ1v) is 4.55. The van der Waals surface area contributed by atoms with E-state index in [1.54, 1.807) is 0 Å². The first-order chi connectivity index (χ1) is 6.29. The van der Waals surface area contributed by atoms with E-state index in [-0.39, 0.29) is 9.67 Å². The van der Waals surface area contributed by atoms with Crippen LogP contribution in [0.4, 0.5) is 13.2 Å². The lowest BCUT2D eigenvalue weighted by atomic mass is 10.5. The van der Waals surface area contributed by atoms with Crippen LogP contribution in [0.3, 0.4) is 0 Å². The van der Waals surface area contributed by atoms with E-state index in [4.69, 9.17) is 6.42 Å². The van der Waals surface area contributed by atoms with Crippen molar-refractivity contribution in [3.63, 3.8) is 0 Å². The normalized spacial score (nSPS) is 12.4. The van der Waals surface area contributed by atoms with Gasteiger partial charge in [-0.1, -0.05) is 0 Å². The molecule has 14 heavy (non-hydrogen) atoms. The number of terminal acetylenes is 1. The monoisotopic (exact) mass is 224 g/mol. The molecule has 0 unspecified atom stereocenters. The Morgan fingerprint density at radius 3 is 2.43 bits per heavy atom. The molecule has 8 heteroatoms. The number of rotatable bonds is 1. The van der Waals surface area contributed by atoms with Crippen LogP contribution in [0.1, 0.15) is 5.69 Å². The zero-order valence-electron chi connectivity index (χ0n) is 6.49. The summed E-state index contributed by atoms with van der Waals surface area (Å²) in [5.41, 5.74) is -5.54. The Kier molecular flexibility index (Phi) is 2.29. The molecule has 1 heterocycles. The molecule has 1 aromatic heterocycles. The quantitative estimate of drug-likeness (QED) is 0.655. The Hall–Kier alpha value is -1.49. The predicted molar refractivity (Wildman–Crippen MR) is 40.5 cm³/mol. The van der Waals surface area contributed by atoms with Gasteiger partial charge >= 0.3 is 15.5 Å². The van der Waals surface area contributed by atoms with Crippen LogP contribution in [0.2, 0.25) is 0 Å². The van der Waals surface area contributed by atoms with Crippen LogP contribution in [-0.2, 0) is 10.0 Å². The Bertz CT molecular complexity index is 480. The molecule has 0 aliphatic heterocycles. The van der Waals surface area contributed by atoms with Crippen molar-refractivity contribution in [2.75, 3.05) is 0 Å². The average molecular weight is 224 g/mol. The second-order valence-electron chi connectivity index (χ2n) is 2.18. The number of alkyl halides is 3. The van der Waals surface area contributed by atoms with Crippen LogP contribution in [0.5, 0.6) is 0 Å². The molecule has 1 aromatic rings. The highest BCUT2D eigenvalue weighted by Gasteiger charge is 2.47. The van der Waals surface area contributed by atoms with Gasteiger partial charge in [-0.2, -0.15) is 21.6 Å². The van der Waals surface area contributed by atoms with Crippen LogP contribution in [0, 0.1) is 12.3 Å². The van der Waals surface area contributed by atoms with Gasteiger partial charge in [-0.15, -0.1) is 6.42 Å². The van der Waals surface area contributed by atoms with Crippen LogP contribution in [0.25, 0.3) is 0 Å². The van der Waals surface area contributed by atoms with Gasteiger partial charge in [0.25, 0.3) is 0 Å². The summed E-state index contributed by atoms with van der Waals surface area (Å²) < 4.78 is 57.2. The highest BCUT2D eigenvalue weighted by Crippen LogP contribution is 2.24. The van der Waals surface area contributed by atoms with Crippen LogP contribution in [0.15, 0.2) is 12.5 Å². The maximum Gasteiger partial charge on any atom is 0.517 e. The SMILES string of the molecule is C#Cc1cn(S(=O)(=O)C(F)(F)F)cn1. The van der Waals surface area contributed by atoms with Crippen molar-refractivity contribution in [3.05, 3.63) is 18.2 Å². The molecule has 1 rings (SSSR count). The Labute approximate surface area is 77.4 Å². The fraction of sp³-hybridized carbons (Fsp3) is 0.167. The predicted octanol–water partition coefficient (Wildman–Crippen LogP) is 0.562. The minimum atomic E-state index is -5.41. The number of imidazole rings is 1. The minimum absolute atomic E-state index is 0.0673. The molecule has 0 spiro atoms. The summed E-state index contributed by atoms with van der Waals surface area (Å²) in [6.45, 7) is 0. The molecule has 0 amide bonds. The standard InChI is InChI=1S/C6H3F3N2O2S/c1-2-5-3-11(4-10-5)14(12,13)6(7,8)9/h1,3-4H. The second-order valence-corrected chi connectivity index (χ2v) is 4.02. The van der Waals surface area contributed by atoms with Crippen molar-refractivity contribution in [2.45, 2.75) is 5.51 Å². The van der Waals surface area contributed by atoms with E-state index in [1.807, 2.05) is 5.92 Å². The highest BCUT2D eigenvalue weighted by atomic mass is 32.2. The van der Waals surface area contributed by atoms with Gasteiger partial charge in [-0.05, 0) is 5.92 Å². The molecule has 0 aliphatic carbocycles. The van der Waals surface area contributed by atoms with E-state index in [0.29, 0.717) is 12.5 Å². The lowest BCUT2D eigenvalue weighted by Gasteiger charge is -2.06. The van der Waals surface area contributed by atoms with Gasteiger partial charge in [0.1, 0.15) is 12.0 Å². The van der Waals surface area contributed by atoms with Crippen LogP contribution >= 0.6 is 0 Å². The summed E-state index contributed by atoms with van der Waals surface area (Å²) in [4.78, 5) is 3.26. The number of hydrogen-bond donors (Lipinski definition) is 0. The Morgan fingerprint density at radius 2 is 2.07 bits per heavy atom. The molecule has 0 N–H and O–H groups in total. The van der Waals surface area contributed by atoms with Crippen LogP contribution in [-0.4, -0.2) is 22.9 Å². The molecule has 0 aliphatic rings. The van der Waals surface area contributed by atoms with Crippen molar-refractivity contribution in [1.82, 2.24) is 8.96 Å². The fourth-order valence-corrected chi connectivity index (χ4v) is 1.28. The zero-order chi connectivity index (χ0) is 11.0. The molecule has 0 radical (unpaired) electrons. The summed E-state index contributed by atoms with van der Waals surface area (Å²) in [7, 11) is -5.41. The minimum Gasteiger partial charge on any atom is -0.227 e. The summed E-state index contributed by atoms with van der Waals surface area (Å²) in [5, 5.41) is 0. The molecule has 0 aromatic carbocycles. The third-order valence-electron chi connectivity index (χ3n) is 1.28. The van der Waals surface area contributed by atoms with E-state index in [2.05, 4.69) is 4.98 Å². The van der Waals surface area contributed by atoms with E-state index in [1.165, 1.54) is 0 Å². The van der Waals surface area contributed by atoms with Crippen molar-refractivity contribution >= 4 is 10.0 Å². The molecular formula is C6H3F3N2O2S. The van der Waals surface area contributed by atoms with Crippen molar-refractivity contribution in [2.24, 2.45) is 0 Å². The van der Waals surface area contributed by atoms with Gasteiger partial charge in [0.2, 0.25) is 0 Å². The molecule has 0 saturated carbocycles. The Morgan fingerprint density at radius 1 is 1.50 bits per heavy atom. The van der Waals surface area contributed by atoms with Crippen LogP contribution < -0.4 is 0 Å². The van der Waals surface area contributed by atoms with E-state index < -0.39 is 15.5 Å².